The van der Waals surface area contributed by atoms with Gasteiger partial charge in [-0.05, 0) is 36.3 Å². The van der Waals surface area contributed by atoms with Gasteiger partial charge in [0.25, 0.3) is 0 Å². The molecule has 1 atom stereocenters. The van der Waals surface area contributed by atoms with E-state index in [0.717, 1.165) is 25.8 Å². The molecule has 1 amide bonds. The molecule has 2 nitrogen and oxygen atoms in total. The summed E-state index contributed by atoms with van der Waals surface area (Å²) in [6.07, 6.45) is 7.76. The van der Waals surface area contributed by atoms with Crippen molar-refractivity contribution in [1.82, 2.24) is 5.32 Å². The second kappa shape index (κ2) is 7.32. The van der Waals surface area contributed by atoms with Crippen LogP contribution in [0.2, 0.25) is 0 Å². The fourth-order valence-corrected chi connectivity index (χ4v) is 2.93. The highest BCUT2D eigenvalue weighted by molar-refractivity contribution is 5.77. The van der Waals surface area contributed by atoms with Crippen molar-refractivity contribution in [3.8, 4) is 0 Å². The van der Waals surface area contributed by atoms with Crippen LogP contribution in [0, 0.1) is 0 Å². The molecule has 0 saturated heterocycles. The van der Waals surface area contributed by atoms with E-state index < -0.39 is 0 Å². The highest BCUT2D eigenvalue weighted by Gasteiger charge is 2.23. The van der Waals surface area contributed by atoms with Gasteiger partial charge in [-0.25, -0.2) is 0 Å². The summed E-state index contributed by atoms with van der Waals surface area (Å²) in [6, 6.07) is 8.55. The lowest BCUT2D eigenvalue weighted by atomic mass is 9.97. The van der Waals surface area contributed by atoms with Crippen LogP contribution in [-0.4, -0.2) is 12.5 Å². The molecule has 0 saturated carbocycles. The number of rotatable bonds is 7. The van der Waals surface area contributed by atoms with Gasteiger partial charge in [-0.3, -0.25) is 4.79 Å². The zero-order chi connectivity index (χ0) is 13.5. The largest absolute Gasteiger partial charge is 0.356 e. The summed E-state index contributed by atoms with van der Waals surface area (Å²) in [4.78, 5) is 11.9. The number of hydrogen-bond acceptors (Lipinski definition) is 1. The van der Waals surface area contributed by atoms with E-state index in [1.165, 1.54) is 30.4 Å². The Morgan fingerprint density at radius 1 is 1.26 bits per heavy atom. The van der Waals surface area contributed by atoms with Gasteiger partial charge in [-0.15, -0.1) is 0 Å². The van der Waals surface area contributed by atoms with E-state index in [1.807, 2.05) is 0 Å². The second-order valence-electron chi connectivity index (χ2n) is 5.55. The van der Waals surface area contributed by atoms with Gasteiger partial charge in [0.15, 0.2) is 0 Å². The number of carbonyl (C=O) groups excluding carboxylic acids is 1. The number of carbonyl (C=O) groups is 1. The van der Waals surface area contributed by atoms with Crippen molar-refractivity contribution in [2.45, 2.75) is 57.8 Å². The Balaban J connectivity index is 1.72. The minimum absolute atomic E-state index is 0.221. The Labute approximate surface area is 116 Å². The third-order valence-electron chi connectivity index (χ3n) is 4.04. The summed E-state index contributed by atoms with van der Waals surface area (Å²) in [6.45, 7) is 3.04. The zero-order valence-corrected chi connectivity index (χ0v) is 12.0. The van der Waals surface area contributed by atoms with Crippen LogP contribution < -0.4 is 5.32 Å². The van der Waals surface area contributed by atoms with E-state index in [4.69, 9.17) is 0 Å². The zero-order valence-electron chi connectivity index (χ0n) is 12.0. The SMILES string of the molecule is CCCCCCNC(=O)CC1CCc2ccccc21. The number of amides is 1. The molecule has 0 radical (unpaired) electrons. The van der Waals surface area contributed by atoms with Crippen molar-refractivity contribution >= 4 is 5.91 Å². The van der Waals surface area contributed by atoms with Crippen LogP contribution >= 0.6 is 0 Å². The van der Waals surface area contributed by atoms with Crippen LogP contribution in [0.5, 0.6) is 0 Å². The van der Waals surface area contributed by atoms with E-state index in [1.54, 1.807) is 0 Å². The lowest BCUT2D eigenvalue weighted by Crippen LogP contribution is -2.25. The minimum Gasteiger partial charge on any atom is -0.356 e. The van der Waals surface area contributed by atoms with E-state index in [-0.39, 0.29) is 5.91 Å². The smallest absolute Gasteiger partial charge is 0.220 e. The minimum atomic E-state index is 0.221. The van der Waals surface area contributed by atoms with Gasteiger partial charge >= 0.3 is 0 Å². The third kappa shape index (κ3) is 4.09. The van der Waals surface area contributed by atoms with Crippen molar-refractivity contribution in [2.75, 3.05) is 6.54 Å². The lowest BCUT2D eigenvalue weighted by molar-refractivity contribution is -0.121. The summed E-state index contributed by atoms with van der Waals surface area (Å²) >= 11 is 0. The van der Waals surface area contributed by atoms with Gasteiger partial charge in [0.1, 0.15) is 0 Å². The normalized spacial score (nSPS) is 17.2. The topological polar surface area (TPSA) is 29.1 Å². The summed E-state index contributed by atoms with van der Waals surface area (Å²) in [7, 11) is 0. The van der Waals surface area contributed by atoms with Crippen LogP contribution in [0.3, 0.4) is 0 Å². The van der Waals surface area contributed by atoms with Gasteiger partial charge in [0, 0.05) is 13.0 Å². The molecular weight excluding hydrogens is 234 g/mol. The van der Waals surface area contributed by atoms with Gasteiger partial charge < -0.3 is 5.32 Å². The Kier molecular flexibility index (Phi) is 5.44. The number of fused-ring (bicyclic) bond motifs is 1. The number of aryl methyl sites for hydroxylation is 1. The molecule has 1 aliphatic rings. The molecule has 0 bridgehead atoms. The second-order valence-corrected chi connectivity index (χ2v) is 5.55. The molecule has 19 heavy (non-hydrogen) atoms. The number of hydrogen-bond donors (Lipinski definition) is 1. The quantitative estimate of drug-likeness (QED) is 0.741. The summed E-state index contributed by atoms with van der Waals surface area (Å²) < 4.78 is 0. The van der Waals surface area contributed by atoms with Gasteiger partial charge in [-0.1, -0.05) is 50.5 Å². The maximum absolute atomic E-state index is 11.9. The van der Waals surface area contributed by atoms with Gasteiger partial charge in [0.05, 0.1) is 0 Å². The number of nitrogens with one attached hydrogen (secondary N) is 1. The van der Waals surface area contributed by atoms with E-state index in [2.05, 4.69) is 36.5 Å². The fraction of sp³-hybridized carbons (Fsp3) is 0.588. The molecule has 1 unspecified atom stereocenters. The van der Waals surface area contributed by atoms with Crippen molar-refractivity contribution in [2.24, 2.45) is 0 Å². The third-order valence-corrected chi connectivity index (χ3v) is 4.04. The fourth-order valence-electron chi connectivity index (χ4n) is 2.93. The Morgan fingerprint density at radius 3 is 2.95 bits per heavy atom. The van der Waals surface area contributed by atoms with Crippen molar-refractivity contribution in [3.63, 3.8) is 0 Å². The molecule has 0 spiro atoms. The highest BCUT2D eigenvalue weighted by atomic mass is 16.1. The molecule has 0 aliphatic heterocycles. The monoisotopic (exact) mass is 259 g/mol. The lowest BCUT2D eigenvalue weighted by Gasteiger charge is -2.11. The van der Waals surface area contributed by atoms with Crippen LogP contribution in [0.4, 0.5) is 0 Å². The first-order valence-corrected chi connectivity index (χ1v) is 7.65. The summed E-state index contributed by atoms with van der Waals surface area (Å²) in [5.41, 5.74) is 2.83. The molecule has 0 heterocycles. The Bertz CT molecular complexity index is 413. The maximum atomic E-state index is 11.9. The number of benzene rings is 1. The first-order chi connectivity index (χ1) is 9.31. The summed E-state index contributed by atoms with van der Waals surface area (Å²) in [5, 5.41) is 3.06. The predicted molar refractivity (Wildman–Crippen MR) is 79.3 cm³/mol. The van der Waals surface area contributed by atoms with Crippen LogP contribution in [0.25, 0.3) is 0 Å². The number of unbranched alkanes of at least 4 members (excludes halogenated alkanes) is 3. The predicted octanol–water partition coefficient (Wildman–Crippen LogP) is 3.80. The maximum Gasteiger partial charge on any atom is 0.220 e. The molecule has 1 aromatic rings. The van der Waals surface area contributed by atoms with Gasteiger partial charge in [-0.2, -0.15) is 0 Å². The van der Waals surface area contributed by atoms with Crippen LogP contribution in [-0.2, 0) is 11.2 Å². The average molecular weight is 259 g/mol. The first-order valence-electron chi connectivity index (χ1n) is 7.65. The van der Waals surface area contributed by atoms with Gasteiger partial charge in [0.2, 0.25) is 5.91 Å². The van der Waals surface area contributed by atoms with Crippen molar-refractivity contribution < 1.29 is 4.79 Å². The molecule has 1 aromatic carbocycles. The Hall–Kier alpha value is -1.31. The van der Waals surface area contributed by atoms with E-state index >= 15 is 0 Å². The molecule has 2 rings (SSSR count). The average Bonchev–Trinajstić information content (AvgIpc) is 2.82. The molecule has 1 N–H and O–H groups in total. The molecule has 104 valence electrons. The van der Waals surface area contributed by atoms with Crippen molar-refractivity contribution in [3.05, 3.63) is 35.4 Å². The molecular formula is C17H25NO. The molecule has 0 fully saturated rings. The molecule has 0 aromatic heterocycles. The molecule has 2 heteroatoms. The van der Waals surface area contributed by atoms with Crippen LogP contribution in [0.1, 0.15) is 62.5 Å². The highest BCUT2D eigenvalue weighted by Crippen LogP contribution is 2.34. The standard InChI is InChI=1S/C17H25NO/c1-2-3-4-7-12-18-17(19)13-15-11-10-14-8-5-6-9-16(14)15/h5-6,8-9,15H,2-4,7,10-13H2,1H3,(H,18,19). The summed E-state index contributed by atoms with van der Waals surface area (Å²) in [5.74, 6) is 0.657. The molecule has 1 aliphatic carbocycles. The van der Waals surface area contributed by atoms with E-state index in [0.29, 0.717) is 12.3 Å². The van der Waals surface area contributed by atoms with Crippen LogP contribution in [0.15, 0.2) is 24.3 Å². The Morgan fingerprint density at radius 2 is 2.11 bits per heavy atom. The van der Waals surface area contributed by atoms with E-state index in [9.17, 15) is 4.79 Å². The first kappa shape index (κ1) is 14.1. The van der Waals surface area contributed by atoms with Crippen molar-refractivity contribution in [1.29, 1.82) is 0 Å².